The number of ether oxygens (including phenoxy) is 1. The van der Waals surface area contributed by atoms with Crippen LogP contribution in [0.3, 0.4) is 0 Å². The monoisotopic (exact) mass is 351 g/mol. The van der Waals surface area contributed by atoms with Crippen LogP contribution in [0, 0.1) is 0 Å². The normalized spacial score (nSPS) is 23.6. The zero-order chi connectivity index (χ0) is 17.3. The number of nitrogens with two attached hydrogens (primary N) is 1. The van der Waals surface area contributed by atoms with Crippen molar-refractivity contribution in [2.75, 3.05) is 26.7 Å². The lowest BCUT2D eigenvalue weighted by Gasteiger charge is -2.28. The summed E-state index contributed by atoms with van der Waals surface area (Å²) >= 11 is 6.03. The maximum atomic E-state index is 13.0. The minimum Gasteiger partial charge on any atom is -0.496 e. The van der Waals surface area contributed by atoms with Crippen LogP contribution < -0.4 is 10.5 Å². The molecule has 2 atom stereocenters. The number of amides is 2. The molecule has 1 aromatic rings. The molecule has 2 saturated heterocycles. The summed E-state index contributed by atoms with van der Waals surface area (Å²) in [6.07, 6.45) is 2.30. The van der Waals surface area contributed by atoms with Gasteiger partial charge in [-0.05, 0) is 37.5 Å². The van der Waals surface area contributed by atoms with Crippen LogP contribution >= 0.6 is 11.6 Å². The standard InChI is InChI=1S/C17H22ClN3O3/c1-24-15-5-4-11(18)9-13(15)16(22)21-7-2-3-14(21)17(23)20-8-6-12(19)10-20/h4-5,9,12,14H,2-3,6-8,10,19H2,1H3/t12-,14?/m1/s1. The van der Waals surface area contributed by atoms with Crippen molar-refractivity contribution in [3.63, 3.8) is 0 Å². The highest BCUT2D eigenvalue weighted by atomic mass is 35.5. The number of hydrogen-bond donors (Lipinski definition) is 1. The number of rotatable bonds is 3. The summed E-state index contributed by atoms with van der Waals surface area (Å²) in [4.78, 5) is 29.2. The highest BCUT2D eigenvalue weighted by Crippen LogP contribution is 2.28. The van der Waals surface area contributed by atoms with Gasteiger partial charge in [-0.15, -0.1) is 0 Å². The molecule has 0 radical (unpaired) electrons. The Morgan fingerprint density at radius 2 is 2.08 bits per heavy atom. The van der Waals surface area contributed by atoms with Gasteiger partial charge in [0, 0.05) is 30.7 Å². The molecule has 2 heterocycles. The maximum absolute atomic E-state index is 13.0. The van der Waals surface area contributed by atoms with Crippen LogP contribution in [-0.2, 0) is 4.79 Å². The lowest BCUT2D eigenvalue weighted by atomic mass is 10.1. The predicted octanol–water partition coefficient (Wildman–Crippen LogP) is 1.51. The average molecular weight is 352 g/mol. The molecule has 1 aromatic carbocycles. The lowest BCUT2D eigenvalue weighted by Crippen LogP contribution is -2.47. The minimum atomic E-state index is -0.425. The smallest absolute Gasteiger partial charge is 0.258 e. The number of likely N-dealkylation sites (tertiary alicyclic amines) is 2. The Hall–Kier alpha value is -1.79. The van der Waals surface area contributed by atoms with Crippen LogP contribution in [0.4, 0.5) is 0 Å². The number of hydrogen-bond acceptors (Lipinski definition) is 4. The molecule has 0 aromatic heterocycles. The molecule has 3 rings (SSSR count). The van der Waals surface area contributed by atoms with Crippen molar-refractivity contribution in [1.29, 1.82) is 0 Å². The zero-order valence-electron chi connectivity index (χ0n) is 13.7. The van der Waals surface area contributed by atoms with E-state index in [-0.39, 0.29) is 17.9 Å². The Kier molecular flexibility index (Phi) is 4.96. The molecule has 2 aliphatic rings. The van der Waals surface area contributed by atoms with Gasteiger partial charge in [0.15, 0.2) is 0 Å². The van der Waals surface area contributed by atoms with Gasteiger partial charge in [0.25, 0.3) is 5.91 Å². The Morgan fingerprint density at radius 3 is 2.75 bits per heavy atom. The Balaban J connectivity index is 1.81. The Labute approximate surface area is 146 Å². The van der Waals surface area contributed by atoms with Crippen LogP contribution in [0.5, 0.6) is 5.75 Å². The fraction of sp³-hybridized carbons (Fsp3) is 0.529. The van der Waals surface area contributed by atoms with E-state index >= 15 is 0 Å². The third-order valence-corrected chi connectivity index (χ3v) is 4.96. The molecule has 2 aliphatic heterocycles. The topological polar surface area (TPSA) is 75.9 Å². The molecular weight excluding hydrogens is 330 g/mol. The first-order chi connectivity index (χ1) is 11.5. The molecule has 2 fully saturated rings. The van der Waals surface area contributed by atoms with E-state index in [0.29, 0.717) is 42.4 Å². The van der Waals surface area contributed by atoms with Crippen molar-refractivity contribution in [2.45, 2.75) is 31.3 Å². The van der Waals surface area contributed by atoms with Gasteiger partial charge < -0.3 is 20.3 Å². The largest absolute Gasteiger partial charge is 0.496 e. The van der Waals surface area contributed by atoms with E-state index in [2.05, 4.69) is 0 Å². The number of benzene rings is 1. The van der Waals surface area contributed by atoms with Gasteiger partial charge >= 0.3 is 0 Å². The molecule has 2 N–H and O–H groups in total. The highest BCUT2D eigenvalue weighted by molar-refractivity contribution is 6.31. The molecule has 24 heavy (non-hydrogen) atoms. The number of halogens is 1. The van der Waals surface area contributed by atoms with E-state index < -0.39 is 6.04 Å². The van der Waals surface area contributed by atoms with Gasteiger partial charge in [-0.2, -0.15) is 0 Å². The summed E-state index contributed by atoms with van der Waals surface area (Å²) in [6, 6.07) is 4.55. The van der Waals surface area contributed by atoms with Crippen LogP contribution in [0.25, 0.3) is 0 Å². The molecule has 0 spiro atoms. The highest BCUT2D eigenvalue weighted by Gasteiger charge is 2.39. The molecular formula is C17H22ClN3O3. The summed E-state index contributed by atoms with van der Waals surface area (Å²) in [6.45, 7) is 1.79. The number of carbonyl (C=O) groups excluding carboxylic acids is 2. The quantitative estimate of drug-likeness (QED) is 0.895. The summed E-state index contributed by atoms with van der Waals surface area (Å²) in [5.41, 5.74) is 6.29. The zero-order valence-corrected chi connectivity index (χ0v) is 14.5. The van der Waals surface area contributed by atoms with Gasteiger partial charge in [0.2, 0.25) is 5.91 Å². The average Bonchev–Trinajstić information content (AvgIpc) is 3.22. The molecule has 7 heteroatoms. The van der Waals surface area contributed by atoms with E-state index in [1.807, 2.05) is 0 Å². The number of carbonyl (C=O) groups is 2. The Bertz CT molecular complexity index is 652. The van der Waals surface area contributed by atoms with Crippen molar-refractivity contribution in [2.24, 2.45) is 5.73 Å². The Morgan fingerprint density at radius 1 is 1.29 bits per heavy atom. The summed E-state index contributed by atoms with van der Waals surface area (Å²) in [5.74, 6) is 0.245. The molecule has 0 saturated carbocycles. The minimum absolute atomic E-state index is 0.00482. The van der Waals surface area contributed by atoms with Crippen molar-refractivity contribution in [1.82, 2.24) is 9.80 Å². The van der Waals surface area contributed by atoms with Crippen LogP contribution in [0.2, 0.25) is 5.02 Å². The fourth-order valence-corrected chi connectivity index (χ4v) is 3.64. The first-order valence-electron chi connectivity index (χ1n) is 8.20. The molecule has 2 amide bonds. The van der Waals surface area contributed by atoms with Gasteiger partial charge in [-0.1, -0.05) is 11.6 Å². The number of nitrogens with zero attached hydrogens (tertiary/aromatic N) is 2. The van der Waals surface area contributed by atoms with E-state index in [4.69, 9.17) is 22.1 Å². The fourth-order valence-electron chi connectivity index (χ4n) is 3.47. The second-order valence-electron chi connectivity index (χ2n) is 6.33. The summed E-state index contributed by atoms with van der Waals surface area (Å²) in [7, 11) is 1.51. The predicted molar refractivity (Wildman–Crippen MR) is 91.2 cm³/mol. The first kappa shape index (κ1) is 17.0. The van der Waals surface area contributed by atoms with Crippen LogP contribution in [0.15, 0.2) is 18.2 Å². The summed E-state index contributed by atoms with van der Waals surface area (Å²) < 4.78 is 5.27. The van der Waals surface area contributed by atoms with Crippen LogP contribution in [-0.4, -0.2) is 60.4 Å². The van der Waals surface area contributed by atoms with Crippen molar-refractivity contribution < 1.29 is 14.3 Å². The third kappa shape index (κ3) is 3.21. The third-order valence-electron chi connectivity index (χ3n) is 4.73. The van der Waals surface area contributed by atoms with E-state index in [1.54, 1.807) is 28.0 Å². The van der Waals surface area contributed by atoms with Gasteiger partial charge in [0.1, 0.15) is 11.8 Å². The van der Waals surface area contributed by atoms with Gasteiger partial charge in [0.05, 0.1) is 12.7 Å². The molecule has 0 aliphatic carbocycles. The maximum Gasteiger partial charge on any atom is 0.258 e. The van der Waals surface area contributed by atoms with Crippen molar-refractivity contribution in [3.8, 4) is 5.75 Å². The van der Waals surface area contributed by atoms with Crippen LogP contribution in [0.1, 0.15) is 29.6 Å². The van der Waals surface area contributed by atoms with Crippen molar-refractivity contribution >= 4 is 23.4 Å². The second kappa shape index (κ2) is 6.99. The SMILES string of the molecule is COc1ccc(Cl)cc1C(=O)N1CCCC1C(=O)N1CC[C@@H](N)C1. The van der Waals surface area contributed by atoms with Gasteiger partial charge in [-0.3, -0.25) is 9.59 Å². The van der Waals surface area contributed by atoms with Gasteiger partial charge in [-0.25, -0.2) is 0 Å². The lowest BCUT2D eigenvalue weighted by molar-refractivity contribution is -0.134. The van der Waals surface area contributed by atoms with E-state index in [0.717, 1.165) is 12.8 Å². The number of methoxy groups -OCH3 is 1. The molecule has 6 nitrogen and oxygen atoms in total. The van der Waals surface area contributed by atoms with E-state index in [1.165, 1.54) is 7.11 Å². The molecule has 1 unspecified atom stereocenters. The summed E-state index contributed by atoms with van der Waals surface area (Å²) in [5, 5.41) is 0.465. The molecule has 0 bridgehead atoms. The molecule has 130 valence electrons. The second-order valence-corrected chi connectivity index (χ2v) is 6.77. The first-order valence-corrected chi connectivity index (χ1v) is 8.58. The van der Waals surface area contributed by atoms with E-state index in [9.17, 15) is 9.59 Å². The van der Waals surface area contributed by atoms with Crippen molar-refractivity contribution in [3.05, 3.63) is 28.8 Å².